The zero-order valence-electron chi connectivity index (χ0n) is 13.9. The fraction of sp³-hybridized carbons (Fsp3) is 0.222. The van der Waals surface area contributed by atoms with E-state index in [1.54, 1.807) is 12.1 Å². The molecule has 0 spiro atoms. The van der Waals surface area contributed by atoms with Crippen LogP contribution in [0.1, 0.15) is 30.7 Å². The molecule has 0 bridgehead atoms. The lowest BCUT2D eigenvalue weighted by atomic mass is 9.99. The molecule has 2 aromatic rings. The van der Waals surface area contributed by atoms with Crippen LogP contribution in [0.5, 0.6) is 0 Å². The fourth-order valence-electron chi connectivity index (χ4n) is 3.02. The first-order chi connectivity index (χ1) is 12.5. The number of carbonyl (C=O) groups excluding carboxylic acids is 2. The predicted molar refractivity (Wildman–Crippen MR) is 91.1 cm³/mol. The van der Waals surface area contributed by atoms with Gasteiger partial charge in [-0.2, -0.15) is 0 Å². The topological polar surface area (TPSA) is 114 Å². The molecule has 26 heavy (non-hydrogen) atoms. The Kier molecular flexibility index (Phi) is 4.57. The number of likely N-dealkylation sites (tertiary alicyclic amines) is 1. The molecule has 1 unspecified atom stereocenters. The van der Waals surface area contributed by atoms with Crippen LogP contribution >= 0.6 is 0 Å². The highest BCUT2D eigenvalue weighted by atomic mass is 16.6. The van der Waals surface area contributed by atoms with Crippen molar-refractivity contribution in [2.24, 2.45) is 0 Å². The van der Waals surface area contributed by atoms with E-state index in [1.807, 2.05) is 6.92 Å². The Bertz CT molecular complexity index is 900. The van der Waals surface area contributed by atoms with Gasteiger partial charge in [0.2, 0.25) is 0 Å². The van der Waals surface area contributed by atoms with Crippen molar-refractivity contribution in [2.75, 3.05) is 6.54 Å². The average Bonchev–Trinajstić information content (AvgIpc) is 3.24. The van der Waals surface area contributed by atoms with E-state index in [2.05, 4.69) is 0 Å². The summed E-state index contributed by atoms with van der Waals surface area (Å²) < 4.78 is 5.37. The minimum atomic E-state index is -0.871. The van der Waals surface area contributed by atoms with Crippen LogP contribution in [0.4, 0.5) is 5.69 Å². The maximum Gasteiger partial charge on any atom is 0.295 e. The lowest BCUT2D eigenvalue weighted by molar-refractivity contribution is -0.384. The molecular formula is C18H16N2O6. The van der Waals surface area contributed by atoms with Gasteiger partial charge in [0.15, 0.2) is 0 Å². The van der Waals surface area contributed by atoms with Gasteiger partial charge in [-0.05, 0) is 18.6 Å². The van der Waals surface area contributed by atoms with E-state index in [1.165, 1.54) is 29.4 Å². The smallest absolute Gasteiger partial charge is 0.295 e. The van der Waals surface area contributed by atoms with Gasteiger partial charge in [0, 0.05) is 24.2 Å². The van der Waals surface area contributed by atoms with Crippen LogP contribution in [0.15, 0.2) is 52.7 Å². The Morgan fingerprint density at radius 1 is 1.31 bits per heavy atom. The SMILES string of the molecule is CCCN1C(=O)C(=O)/C(=C(\O)c2cccc([N+](=O)[O-])c2)C1c1ccco1. The molecule has 1 amide bonds. The first-order valence-corrected chi connectivity index (χ1v) is 8.02. The molecule has 0 aliphatic carbocycles. The van der Waals surface area contributed by atoms with E-state index >= 15 is 0 Å². The number of rotatable bonds is 5. The number of amides is 1. The van der Waals surface area contributed by atoms with Gasteiger partial charge in [-0.15, -0.1) is 0 Å². The molecule has 1 atom stereocenters. The van der Waals surface area contributed by atoms with E-state index in [0.717, 1.165) is 6.07 Å². The molecule has 134 valence electrons. The molecule has 0 saturated carbocycles. The third-order valence-corrected chi connectivity index (χ3v) is 4.15. The predicted octanol–water partition coefficient (Wildman–Crippen LogP) is 3.02. The summed E-state index contributed by atoms with van der Waals surface area (Å²) in [6.07, 6.45) is 2.02. The van der Waals surface area contributed by atoms with Gasteiger partial charge in [0.1, 0.15) is 17.6 Å². The van der Waals surface area contributed by atoms with Crippen LogP contribution in [0.2, 0.25) is 0 Å². The van der Waals surface area contributed by atoms with Gasteiger partial charge in [0.05, 0.1) is 16.8 Å². The molecule has 8 nitrogen and oxygen atoms in total. The average molecular weight is 356 g/mol. The number of benzene rings is 1. The van der Waals surface area contributed by atoms with E-state index in [-0.39, 0.29) is 16.8 Å². The van der Waals surface area contributed by atoms with Crippen LogP contribution in [0.3, 0.4) is 0 Å². The van der Waals surface area contributed by atoms with Crippen molar-refractivity contribution in [1.29, 1.82) is 0 Å². The summed E-state index contributed by atoms with van der Waals surface area (Å²) in [6.45, 7) is 2.17. The first kappa shape index (κ1) is 17.4. The summed E-state index contributed by atoms with van der Waals surface area (Å²) in [5, 5.41) is 21.7. The van der Waals surface area contributed by atoms with Gasteiger partial charge < -0.3 is 14.4 Å². The summed E-state index contributed by atoms with van der Waals surface area (Å²) in [7, 11) is 0. The fourth-order valence-corrected chi connectivity index (χ4v) is 3.02. The first-order valence-electron chi connectivity index (χ1n) is 8.02. The summed E-state index contributed by atoms with van der Waals surface area (Å²) in [5.74, 6) is -1.71. The summed E-state index contributed by atoms with van der Waals surface area (Å²) in [5.41, 5.74) is -0.282. The second-order valence-corrected chi connectivity index (χ2v) is 5.82. The normalized spacial score (nSPS) is 19.1. The maximum atomic E-state index is 12.5. The van der Waals surface area contributed by atoms with Crippen molar-refractivity contribution in [1.82, 2.24) is 4.90 Å². The minimum Gasteiger partial charge on any atom is -0.507 e. The minimum absolute atomic E-state index is 0.0882. The van der Waals surface area contributed by atoms with Gasteiger partial charge in [-0.1, -0.05) is 19.1 Å². The second-order valence-electron chi connectivity index (χ2n) is 5.82. The molecule has 1 aromatic carbocycles. The molecule has 3 rings (SSSR count). The number of nitro benzene ring substituents is 1. The van der Waals surface area contributed by atoms with Crippen LogP contribution in [0, 0.1) is 10.1 Å². The van der Waals surface area contributed by atoms with E-state index in [4.69, 9.17) is 4.42 Å². The largest absolute Gasteiger partial charge is 0.507 e. The quantitative estimate of drug-likeness (QED) is 0.290. The van der Waals surface area contributed by atoms with E-state index < -0.39 is 28.4 Å². The molecule has 2 heterocycles. The van der Waals surface area contributed by atoms with Crippen LogP contribution in [-0.4, -0.2) is 33.2 Å². The van der Waals surface area contributed by atoms with Crippen molar-refractivity contribution >= 4 is 23.1 Å². The molecular weight excluding hydrogens is 340 g/mol. The van der Waals surface area contributed by atoms with E-state index in [9.17, 15) is 24.8 Å². The number of Topliss-reactive ketones (excluding diaryl/α,β-unsaturated/α-hetero) is 1. The highest BCUT2D eigenvalue weighted by Gasteiger charge is 2.47. The molecule has 8 heteroatoms. The maximum absolute atomic E-state index is 12.5. The Hall–Kier alpha value is -3.42. The van der Waals surface area contributed by atoms with E-state index in [0.29, 0.717) is 18.7 Å². The number of nitro groups is 1. The number of ketones is 1. The number of nitrogens with zero attached hydrogens (tertiary/aromatic N) is 2. The molecule has 1 fully saturated rings. The highest BCUT2D eigenvalue weighted by Crippen LogP contribution is 2.39. The second kappa shape index (κ2) is 6.83. The monoisotopic (exact) mass is 356 g/mol. The molecule has 1 aliphatic heterocycles. The van der Waals surface area contributed by atoms with Gasteiger partial charge >= 0.3 is 0 Å². The third-order valence-electron chi connectivity index (χ3n) is 4.15. The zero-order chi connectivity index (χ0) is 18.8. The molecule has 1 aromatic heterocycles. The number of carbonyl (C=O) groups is 2. The Morgan fingerprint density at radius 3 is 2.69 bits per heavy atom. The number of hydrogen-bond donors (Lipinski definition) is 1. The van der Waals surface area contributed by atoms with Gasteiger partial charge in [-0.25, -0.2) is 0 Å². The number of hydrogen-bond acceptors (Lipinski definition) is 6. The Morgan fingerprint density at radius 2 is 2.08 bits per heavy atom. The Labute approximate surface area is 148 Å². The highest BCUT2D eigenvalue weighted by molar-refractivity contribution is 6.46. The molecule has 1 aliphatic rings. The third kappa shape index (κ3) is 2.85. The van der Waals surface area contributed by atoms with Crippen LogP contribution in [0.25, 0.3) is 5.76 Å². The van der Waals surface area contributed by atoms with Gasteiger partial charge in [0.25, 0.3) is 17.4 Å². The number of aliphatic hydroxyl groups excluding tert-OH is 1. The lowest BCUT2D eigenvalue weighted by Crippen LogP contribution is -2.30. The molecule has 1 N–H and O–H groups in total. The van der Waals surface area contributed by atoms with Crippen molar-refractivity contribution in [3.05, 3.63) is 69.7 Å². The summed E-state index contributed by atoms with van der Waals surface area (Å²) in [4.78, 5) is 36.7. The lowest BCUT2D eigenvalue weighted by Gasteiger charge is -2.22. The van der Waals surface area contributed by atoms with Gasteiger partial charge in [-0.3, -0.25) is 19.7 Å². The summed E-state index contributed by atoms with van der Waals surface area (Å²) in [6, 6.07) is 7.63. The number of furan rings is 1. The van der Waals surface area contributed by atoms with Crippen molar-refractivity contribution in [3.8, 4) is 0 Å². The molecule has 0 radical (unpaired) electrons. The van der Waals surface area contributed by atoms with Crippen molar-refractivity contribution in [3.63, 3.8) is 0 Å². The van der Waals surface area contributed by atoms with Crippen LogP contribution < -0.4 is 0 Å². The standard InChI is InChI=1S/C18H16N2O6/c1-2-8-19-15(13-7-4-9-26-13)14(17(22)18(19)23)16(21)11-5-3-6-12(10-11)20(24)25/h3-7,9-10,15,21H,2,8H2,1H3/b16-14-. The van der Waals surface area contributed by atoms with Crippen LogP contribution in [-0.2, 0) is 9.59 Å². The zero-order valence-corrected chi connectivity index (χ0v) is 13.9. The van der Waals surface area contributed by atoms with Crippen molar-refractivity contribution in [2.45, 2.75) is 19.4 Å². The number of aliphatic hydroxyl groups is 1. The number of non-ortho nitro benzene ring substituents is 1. The summed E-state index contributed by atoms with van der Waals surface area (Å²) >= 11 is 0. The Balaban J connectivity index is 2.17. The van der Waals surface area contributed by atoms with Crippen molar-refractivity contribution < 1.29 is 24.0 Å². The molecule has 1 saturated heterocycles.